The van der Waals surface area contributed by atoms with E-state index in [9.17, 15) is 24.8 Å². The average molecular weight is 487 g/mol. The molecule has 1 aliphatic heterocycles. The van der Waals surface area contributed by atoms with Gasteiger partial charge >= 0.3 is 0 Å². The largest absolute Gasteiger partial charge is 0.503 e. The lowest BCUT2D eigenvalue weighted by Gasteiger charge is -2.26. The summed E-state index contributed by atoms with van der Waals surface area (Å²) in [6, 6.07) is 13.2. The third kappa shape index (κ3) is 3.88. The summed E-state index contributed by atoms with van der Waals surface area (Å²) in [7, 11) is 1.58. The van der Waals surface area contributed by atoms with Gasteiger partial charge in [0.05, 0.1) is 29.9 Å². The second kappa shape index (κ2) is 9.06. The van der Waals surface area contributed by atoms with Crippen molar-refractivity contribution in [2.24, 2.45) is 0 Å². The van der Waals surface area contributed by atoms with Crippen molar-refractivity contribution < 1.29 is 28.8 Å². The van der Waals surface area contributed by atoms with Crippen molar-refractivity contribution in [2.75, 3.05) is 13.7 Å². The number of hydrogen-bond acceptors (Lipinski definition) is 7. The number of non-ortho nitro benzene ring substituents is 1. The van der Waals surface area contributed by atoms with Crippen molar-refractivity contribution in [3.8, 4) is 5.75 Å². The molecule has 3 heterocycles. The van der Waals surface area contributed by atoms with E-state index in [1.807, 2.05) is 24.4 Å². The lowest BCUT2D eigenvalue weighted by atomic mass is 9.94. The molecule has 2 N–H and O–H groups in total. The quantitative estimate of drug-likeness (QED) is 0.212. The standard InChI is InChI=1S/C26H21N3O7/c1-35-18-8-9-20-19(13-18)16(14-27-20)10-11-28-23(15-4-6-17(7-5-15)29(33)34)22(25(31)26(28)32)24(30)21-3-2-12-36-21/h2-9,12-14,23,27,31H,10-11H2,1H3. The number of aromatic nitrogens is 1. The highest BCUT2D eigenvalue weighted by Crippen LogP contribution is 2.39. The van der Waals surface area contributed by atoms with Gasteiger partial charge in [0, 0.05) is 35.8 Å². The van der Waals surface area contributed by atoms with Gasteiger partial charge in [0.25, 0.3) is 11.6 Å². The number of H-pyrrole nitrogens is 1. The molecular weight excluding hydrogens is 466 g/mol. The lowest BCUT2D eigenvalue weighted by Crippen LogP contribution is -2.33. The molecule has 10 heteroatoms. The maximum Gasteiger partial charge on any atom is 0.290 e. The molecule has 1 aliphatic rings. The van der Waals surface area contributed by atoms with Crippen molar-refractivity contribution in [1.82, 2.24) is 9.88 Å². The van der Waals surface area contributed by atoms with E-state index in [0.717, 1.165) is 16.5 Å². The van der Waals surface area contributed by atoms with Crippen LogP contribution in [0.3, 0.4) is 0 Å². The zero-order valence-electron chi connectivity index (χ0n) is 19.1. The summed E-state index contributed by atoms with van der Waals surface area (Å²) in [5.74, 6) is -1.34. The first kappa shape index (κ1) is 22.9. The van der Waals surface area contributed by atoms with Crippen LogP contribution >= 0.6 is 0 Å². The van der Waals surface area contributed by atoms with Gasteiger partial charge in [-0.05, 0) is 60.0 Å². The van der Waals surface area contributed by atoms with Gasteiger partial charge in [-0.2, -0.15) is 0 Å². The van der Waals surface area contributed by atoms with Crippen molar-refractivity contribution in [1.29, 1.82) is 0 Å². The third-order valence-electron chi connectivity index (χ3n) is 6.31. The molecule has 0 fully saturated rings. The Labute approximate surface area is 204 Å². The molecule has 0 saturated carbocycles. The molecule has 4 aromatic rings. The van der Waals surface area contributed by atoms with Crippen molar-refractivity contribution in [3.63, 3.8) is 0 Å². The van der Waals surface area contributed by atoms with Crippen LogP contribution in [0.5, 0.6) is 5.75 Å². The van der Waals surface area contributed by atoms with Crippen LogP contribution < -0.4 is 4.74 Å². The van der Waals surface area contributed by atoms with E-state index in [1.54, 1.807) is 7.11 Å². The number of aromatic amines is 1. The Kier molecular flexibility index (Phi) is 5.77. The Morgan fingerprint density at radius 1 is 1.22 bits per heavy atom. The number of Topliss-reactive ketones (excluding diaryl/α,β-unsaturated/α-hetero) is 1. The molecule has 5 rings (SSSR count). The van der Waals surface area contributed by atoms with Crippen LogP contribution in [-0.4, -0.2) is 45.3 Å². The number of aliphatic hydroxyl groups excluding tert-OH is 1. The highest BCUT2D eigenvalue weighted by molar-refractivity contribution is 6.15. The van der Waals surface area contributed by atoms with Crippen LogP contribution in [0.25, 0.3) is 10.9 Å². The van der Waals surface area contributed by atoms with Gasteiger partial charge in [0.1, 0.15) is 5.75 Å². The van der Waals surface area contributed by atoms with Gasteiger partial charge in [-0.15, -0.1) is 0 Å². The molecule has 2 aromatic carbocycles. The van der Waals surface area contributed by atoms with Crippen LogP contribution in [0.4, 0.5) is 5.69 Å². The summed E-state index contributed by atoms with van der Waals surface area (Å²) >= 11 is 0. The fraction of sp³-hybridized carbons (Fsp3) is 0.154. The first-order chi connectivity index (χ1) is 17.4. The van der Waals surface area contributed by atoms with Gasteiger partial charge in [0.2, 0.25) is 5.78 Å². The van der Waals surface area contributed by atoms with Crippen LogP contribution in [-0.2, 0) is 11.2 Å². The predicted octanol–water partition coefficient (Wildman–Crippen LogP) is 4.50. The molecule has 182 valence electrons. The van der Waals surface area contributed by atoms with E-state index in [-0.39, 0.29) is 23.6 Å². The third-order valence-corrected chi connectivity index (χ3v) is 6.31. The Morgan fingerprint density at radius 3 is 2.67 bits per heavy atom. The smallest absolute Gasteiger partial charge is 0.290 e. The van der Waals surface area contributed by atoms with E-state index in [4.69, 9.17) is 9.15 Å². The summed E-state index contributed by atoms with van der Waals surface area (Å²) in [5, 5.41) is 22.8. The first-order valence-corrected chi connectivity index (χ1v) is 11.1. The fourth-order valence-electron chi connectivity index (χ4n) is 4.51. The highest BCUT2D eigenvalue weighted by Gasteiger charge is 2.44. The average Bonchev–Trinajstić information content (AvgIpc) is 3.62. The number of aliphatic hydroxyl groups is 1. The van der Waals surface area contributed by atoms with Gasteiger partial charge < -0.3 is 24.1 Å². The molecule has 2 aromatic heterocycles. The fourth-order valence-corrected chi connectivity index (χ4v) is 4.51. The van der Waals surface area contributed by atoms with Crippen LogP contribution in [0.15, 0.2) is 82.8 Å². The molecule has 36 heavy (non-hydrogen) atoms. The summed E-state index contributed by atoms with van der Waals surface area (Å²) < 4.78 is 10.5. The Bertz CT molecular complexity index is 1500. The molecule has 0 bridgehead atoms. The van der Waals surface area contributed by atoms with E-state index in [0.29, 0.717) is 17.7 Å². The number of nitro benzene ring substituents is 1. The number of nitrogens with one attached hydrogen (secondary N) is 1. The SMILES string of the molecule is COc1ccc2[nH]cc(CCN3C(=O)C(O)=C(C(=O)c4ccco4)C3c3ccc([N+](=O)[O-])cc3)c2c1. The molecule has 1 amide bonds. The van der Waals surface area contributed by atoms with E-state index < -0.39 is 28.4 Å². The number of carbonyl (C=O) groups is 2. The molecule has 0 aliphatic carbocycles. The number of carbonyl (C=O) groups excluding carboxylic acids is 2. The van der Waals surface area contributed by atoms with E-state index in [2.05, 4.69) is 4.98 Å². The topological polar surface area (TPSA) is 139 Å². The summed E-state index contributed by atoms with van der Waals surface area (Å²) in [6.07, 6.45) is 3.58. The second-order valence-corrected chi connectivity index (χ2v) is 8.29. The van der Waals surface area contributed by atoms with Crippen molar-refractivity contribution >= 4 is 28.3 Å². The summed E-state index contributed by atoms with van der Waals surface area (Å²) in [6.45, 7) is 0.170. The van der Waals surface area contributed by atoms with Crippen LogP contribution in [0, 0.1) is 10.1 Å². The minimum atomic E-state index is -0.948. The van der Waals surface area contributed by atoms with Gasteiger partial charge in [-0.3, -0.25) is 19.7 Å². The van der Waals surface area contributed by atoms with E-state index in [1.165, 1.54) is 47.6 Å². The lowest BCUT2D eigenvalue weighted by molar-refractivity contribution is -0.384. The molecule has 10 nitrogen and oxygen atoms in total. The summed E-state index contributed by atoms with van der Waals surface area (Å²) in [4.78, 5) is 41.6. The molecular formula is C26H21N3O7. The second-order valence-electron chi connectivity index (χ2n) is 8.29. The Morgan fingerprint density at radius 2 is 2.00 bits per heavy atom. The zero-order valence-corrected chi connectivity index (χ0v) is 19.1. The minimum absolute atomic E-state index is 0.0261. The number of amides is 1. The predicted molar refractivity (Wildman–Crippen MR) is 129 cm³/mol. The number of nitrogens with zero attached hydrogens (tertiary/aromatic N) is 2. The molecule has 1 atom stereocenters. The zero-order chi connectivity index (χ0) is 25.4. The number of nitro groups is 1. The number of fused-ring (bicyclic) bond motifs is 1. The monoisotopic (exact) mass is 487 g/mol. The number of ether oxygens (including phenoxy) is 1. The van der Waals surface area contributed by atoms with Gasteiger partial charge in [-0.1, -0.05) is 0 Å². The molecule has 0 spiro atoms. The highest BCUT2D eigenvalue weighted by atomic mass is 16.6. The van der Waals surface area contributed by atoms with Crippen LogP contribution in [0.2, 0.25) is 0 Å². The maximum absolute atomic E-state index is 13.2. The molecule has 0 radical (unpaired) electrons. The van der Waals surface area contributed by atoms with Crippen molar-refractivity contribution in [3.05, 3.63) is 105 Å². The number of hydrogen-bond donors (Lipinski definition) is 2. The number of methoxy groups -OCH3 is 1. The number of furan rings is 1. The summed E-state index contributed by atoms with van der Waals surface area (Å²) in [5.41, 5.74) is 2.01. The minimum Gasteiger partial charge on any atom is -0.503 e. The normalized spacial score (nSPS) is 15.6. The van der Waals surface area contributed by atoms with Gasteiger partial charge in [-0.25, -0.2) is 0 Å². The van der Waals surface area contributed by atoms with Crippen molar-refractivity contribution in [2.45, 2.75) is 12.5 Å². The number of ketones is 1. The van der Waals surface area contributed by atoms with E-state index >= 15 is 0 Å². The maximum atomic E-state index is 13.2. The Balaban J connectivity index is 1.51. The first-order valence-electron chi connectivity index (χ1n) is 11.1. The molecule has 0 saturated heterocycles. The number of benzene rings is 2. The molecule has 1 unspecified atom stereocenters. The van der Waals surface area contributed by atoms with Crippen LogP contribution in [0.1, 0.15) is 27.7 Å². The number of rotatable bonds is 8. The Hall–Kier alpha value is -4.86. The van der Waals surface area contributed by atoms with Gasteiger partial charge in [0.15, 0.2) is 11.5 Å².